The maximum absolute atomic E-state index is 8.70. The summed E-state index contributed by atoms with van der Waals surface area (Å²) in [5.74, 6) is 2.74. The minimum Gasteiger partial charge on any atom is -0.302 e. The molecule has 1 atom stereocenters. The normalized spacial score (nSPS) is 21.4. The van der Waals surface area contributed by atoms with E-state index in [1.807, 2.05) is 18.7 Å². The highest BCUT2D eigenvalue weighted by atomic mass is 32.2. The standard InChI is InChI=1S/C10H18N2S/c1-9(7-11)8-12(2)10-3-5-13-6-4-10/h9-10H,3-6,8H2,1-2H3. The molecule has 1 rings (SSSR count). The molecule has 1 unspecified atom stereocenters. The van der Waals surface area contributed by atoms with Gasteiger partial charge in [-0.25, -0.2) is 0 Å². The number of thioether (sulfide) groups is 1. The average molecular weight is 198 g/mol. The van der Waals surface area contributed by atoms with Gasteiger partial charge in [0.25, 0.3) is 0 Å². The predicted molar refractivity (Wildman–Crippen MR) is 57.8 cm³/mol. The second kappa shape index (κ2) is 5.51. The Labute approximate surface area is 85.3 Å². The Bertz CT molecular complexity index is 182. The Hall–Kier alpha value is -0.200. The van der Waals surface area contributed by atoms with Crippen molar-refractivity contribution in [3.63, 3.8) is 0 Å². The second-order valence-corrected chi connectivity index (χ2v) is 5.04. The van der Waals surface area contributed by atoms with Gasteiger partial charge in [-0.05, 0) is 38.3 Å². The first-order valence-corrected chi connectivity index (χ1v) is 6.07. The van der Waals surface area contributed by atoms with Crippen molar-refractivity contribution < 1.29 is 0 Å². The summed E-state index contributed by atoms with van der Waals surface area (Å²) >= 11 is 2.05. The van der Waals surface area contributed by atoms with E-state index >= 15 is 0 Å². The molecule has 0 bridgehead atoms. The van der Waals surface area contributed by atoms with E-state index in [-0.39, 0.29) is 5.92 Å². The first-order valence-electron chi connectivity index (χ1n) is 4.91. The summed E-state index contributed by atoms with van der Waals surface area (Å²) in [6, 6.07) is 3.01. The first-order chi connectivity index (χ1) is 6.24. The SMILES string of the molecule is CC(C#N)CN(C)C1CCSCC1. The molecule has 0 spiro atoms. The van der Waals surface area contributed by atoms with Crippen molar-refractivity contribution in [2.45, 2.75) is 25.8 Å². The molecule has 0 aromatic carbocycles. The van der Waals surface area contributed by atoms with Crippen LogP contribution in [0.1, 0.15) is 19.8 Å². The Kier molecular flexibility index (Phi) is 4.61. The summed E-state index contributed by atoms with van der Waals surface area (Å²) in [5, 5.41) is 8.70. The molecule has 13 heavy (non-hydrogen) atoms. The van der Waals surface area contributed by atoms with Crippen molar-refractivity contribution >= 4 is 11.8 Å². The van der Waals surface area contributed by atoms with E-state index < -0.39 is 0 Å². The zero-order valence-electron chi connectivity index (χ0n) is 8.49. The van der Waals surface area contributed by atoms with Crippen LogP contribution in [0.25, 0.3) is 0 Å². The van der Waals surface area contributed by atoms with Gasteiger partial charge < -0.3 is 4.90 Å². The van der Waals surface area contributed by atoms with E-state index in [1.54, 1.807) is 0 Å². The fraction of sp³-hybridized carbons (Fsp3) is 0.900. The van der Waals surface area contributed by atoms with Gasteiger partial charge in [0.05, 0.1) is 12.0 Å². The van der Waals surface area contributed by atoms with E-state index in [0.717, 1.165) is 12.6 Å². The van der Waals surface area contributed by atoms with E-state index in [2.05, 4.69) is 18.0 Å². The molecule has 74 valence electrons. The number of hydrogen-bond acceptors (Lipinski definition) is 3. The Morgan fingerprint density at radius 3 is 2.69 bits per heavy atom. The van der Waals surface area contributed by atoms with Crippen molar-refractivity contribution in [2.75, 3.05) is 25.1 Å². The van der Waals surface area contributed by atoms with Gasteiger partial charge in [0.2, 0.25) is 0 Å². The van der Waals surface area contributed by atoms with Gasteiger partial charge in [0, 0.05) is 12.6 Å². The molecule has 0 aromatic rings. The highest BCUT2D eigenvalue weighted by Crippen LogP contribution is 2.21. The molecular formula is C10H18N2S. The molecule has 1 aliphatic heterocycles. The summed E-state index contributed by atoms with van der Waals surface area (Å²) in [7, 11) is 2.15. The minimum absolute atomic E-state index is 0.166. The van der Waals surface area contributed by atoms with Crippen molar-refractivity contribution in [1.29, 1.82) is 5.26 Å². The molecule has 1 aliphatic rings. The van der Waals surface area contributed by atoms with Gasteiger partial charge in [-0.2, -0.15) is 17.0 Å². The maximum Gasteiger partial charge on any atom is 0.0666 e. The van der Waals surface area contributed by atoms with Crippen molar-refractivity contribution in [1.82, 2.24) is 4.90 Å². The highest BCUT2D eigenvalue weighted by molar-refractivity contribution is 7.99. The largest absolute Gasteiger partial charge is 0.302 e. The summed E-state index contributed by atoms with van der Waals surface area (Å²) < 4.78 is 0. The first kappa shape index (κ1) is 10.9. The van der Waals surface area contributed by atoms with Gasteiger partial charge >= 0.3 is 0 Å². The Balaban J connectivity index is 2.29. The molecule has 1 saturated heterocycles. The fourth-order valence-corrected chi connectivity index (χ4v) is 2.83. The van der Waals surface area contributed by atoms with E-state index in [1.165, 1.54) is 24.3 Å². The fourth-order valence-electron chi connectivity index (χ4n) is 1.75. The van der Waals surface area contributed by atoms with Crippen LogP contribution in [0.5, 0.6) is 0 Å². The lowest BCUT2D eigenvalue weighted by Gasteiger charge is -2.31. The smallest absolute Gasteiger partial charge is 0.0666 e. The molecule has 0 N–H and O–H groups in total. The Morgan fingerprint density at radius 2 is 2.15 bits per heavy atom. The van der Waals surface area contributed by atoms with Crippen molar-refractivity contribution in [3.8, 4) is 6.07 Å². The van der Waals surface area contributed by atoms with Crippen LogP contribution in [0, 0.1) is 17.2 Å². The van der Waals surface area contributed by atoms with Crippen LogP contribution < -0.4 is 0 Å². The third kappa shape index (κ3) is 3.58. The zero-order valence-corrected chi connectivity index (χ0v) is 9.31. The predicted octanol–water partition coefficient (Wildman–Crippen LogP) is 1.97. The van der Waals surface area contributed by atoms with Crippen LogP contribution in [0.3, 0.4) is 0 Å². The van der Waals surface area contributed by atoms with Crippen LogP contribution in [-0.4, -0.2) is 36.0 Å². The van der Waals surface area contributed by atoms with Gasteiger partial charge in [-0.1, -0.05) is 0 Å². The number of hydrogen-bond donors (Lipinski definition) is 0. The summed E-state index contributed by atoms with van der Waals surface area (Å²) in [5.41, 5.74) is 0. The summed E-state index contributed by atoms with van der Waals surface area (Å²) in [6.45, 7) is 2.92. The average Bonchev–Trinajstić information content (AvgIpc) is 2.19. The van der Waals surface area contributed by atoms with Gasteiger partial charge in [-0.15, -0.1) is 0 Å². The van der Waals surface area contributed by atoms with E-state index in [9.17, 15) is 0 Å². The number of rotatable bonds is 3. The topological polar surface area (TPSA) is 27.0 Å². The molecule has 0 radical (unpaired) electrons. The molecule has 2 nitrogen and oxygen atoms in total. The summed E-state index contributed by atoms with van der Waals surface area (Å²) in [4.78, 5) is 2.35. The lowest BCUT2D eigenvalue weighted by molar-refractivity contribution is 0.215. The zero-order chi connectivity index (χ0) is 9.68. The van der Waals surface area contributed by atoms with Crippen LogP contribution in [-0.2, 0) is 0 Å². The molecular weight excluding hydrogens is 180 g/mol. The van der Waals surface area contributed by atoms with Gasteiger partial charge in [0.15, 0.2) is 0 Å². The molecule has 3 heteroatoms. The van der Waals surface area contributed by atoms with Crippen LogP contribution in [0.4, 0.5) is 0 Å². The molecule has 0 amide bonds. The van der Waals surface area contributed by atoms with E-state index in [0.29, 0.717) is 0 Å². The van der Waals surface area contributed by atoms with Crippen LogP contribution in [0.2, 0.25) is 0 Å². The molecule has 1 heterocycles. The quantitative estimate of drug-likeness (QED) is 0.694. The third-order valence-electron chi connectivity index (χ3n) is 2.60. The van der Waals surface area contributed by atoms with Gasteiger partial charge in [-0.3, -0.25) is 0 Å². The molecule has 0 aromatic heterocycles. The third-order valence-corrected chi connectivity index (χ3v) is 3.65. The number of nitrogens with zero attached hydrogens (tertiary/aromatic N) is 2. The van der Waals surface area contributed by atoms with Crippen molar-refractivity contribution in [2.24, 2.45) is 5.92 Å². The number of nitriles is 1. The summed E-state index contributed by atoms with van der Waals surface area (Å²) in [6.07, 6.45) is 2.58. The lowest BCUT2D eigenvalue weighted by atomic mass is 10.1. The lowest BCUT2D eigenvalue weighted by Crippen LogP contribution is -2.37. The molecule has 0 saturated carbocycles. The Morgan fingerprint density at radius 1 is 1.54 bits per heavy atom. The second-order valence-electron chi connectivity index (χ2n) is 3.81. The molecule has 0 aliphatic carbocycles. The molecule has 1 fully saturated rings. The van der Waals surface area contributed by atoms with Gasteiger partial charge in [0.1, 0.15) is 0 Å². The monoisotopic (exact) mass is 198 g/mol. The van der Waals surface area contributed by atoms with Crippen molar-refractivity contribution in [3.05, 3.63) is 0 Å². The maximum atomic E-state index is 8.70. The minimum atomic E-state index is 0.166. The van der Waals surface area contributed by atoms with Crippen LogP contribution in [0.15, 0.2) is 0 Å². The highest BCUT2D eigenvalue weighted by Gasteiger charge is 2.19. The van der Waals surface area contributed by atoms with Crippen LogP contribution >= 0.6 is 11.8 Å². The van der Waals surface area contributed by atoms with E-state index in [4.69, 9.17) is 5.26 Å².